The molecule has 2 nitrogen and oxygen atoms in total. The second-order valence-electron chi connectivity index (χ2n) is 8.60. The van der Waals surface area contributed by atoms with Crippen LogP contribution in [-0.4, -0.2) is 23.8 Å². The van der Waals surface area contributed by atoms with Crippen molar-refractivity contribution < 1.29 is 0 Å². The van der Waals surface area contributed by atoms with Crippen molar-refractivity contribution in [3.05, 3.63) is 11.8 Å². The van der Waals surface area contributed by atoms with E-state index in [-0.39, 0.29) is 0 Å². The van der Waals surface area contributed by atoms with Gasteiger partial charge in [-0.1, -0.05) is 90.9 Å². The monoisotopic (exact) mass is 360 g/mol. The molecule has 2 rings (SSSR count). The van der Waals surface area contributed by atoms with Crippen molar-refractivity contribution in [3.8, 4) is 0 Å². The van der Waals surface area contributed by atoms with E-state index in [1.54, 1.807) is 5.57 Å². The first-order chi connectivity index (χ1) is 12.9. The summed E-state index contributed by atoms with van der Waals surface area (Å²) in [5, 5.41) is 0. The van der Waals surface area contributed by atoms with Crippen molar-refractivity contribution in [1.29, 1.82) is 0 Å². The van der Waals surface area contributed by atoms with Gasteiger partial charge in [-0.3, -0.25) is 0 Å². The molecular formula is C24H44N2. The van der Waals surface area contributed by atoms with E-state index in [0.717, 1.165) is 5.92 Å². The maximum absolute atomic E-state index is 4.69. The lowest BCUT2D eigenvalue weighted by molar-refractivity contribution is 0.296. The fourth-order valence-corrected chi connectivity index (χ4v) is 4.76. The Morgan fingerprint density at radius 3 is 2.23 bits per heavy atom. The van der Waals surface area contributed by atoms with E-state index < -0.39 is 0 Å². The minimum absolute atomic E-state index is 0.646. The molecule has 1 fully saturated rings. The zero-order chi connectivity index (χ0) is 18.5. The van der Waals surface area contributed by atoms with Gasteiger partial charge < -0.3 is 4.90 Å². The van der Waals surface area contributed by atoms with Gasteiger partial charge in [-0.15, -0.1) is 0 Å². The molecule has 26 heavy (non-hydrogen) atoms. The van der Waals surface area contributed by atoms with E-state index in [9.17, 15) is 0 Å². The Bertz CT molecular complexity index is 400. The van der Waals surface area contributed by atoms with E-state index in [1.165, 1.54) is 109 Å². The third kappa shape index (κ3) is 7.45. The second kappa shape index (κ2) is 13.4. The summed E-state index contributed by atoms with van der Waals surface area (Å²) in [6.45, 7) is 5.84. The van der Waals surface area contributed by atoms with Gasteiger partial charge in [0.1, 0.15) is 0 Å². The Labute approximate surface area is 163 Å². The molecule has 2 heteroatoms. The summed E-state index contributed by atoms with van der Waals surface area (Å²) in [6, 6.07) is 0.646. The Kier molecular flexibility index (Phi) is 11.1. The molecule has 0 spiro atoms. The molecule has 0 N–H and O–H groups in total. The summed E-state index contributed by atoms with van der Waals surface area (Å²) < 4.78 is 0. The first kappa shape index (κ1) is 21.5. The smallest absolute Gasteiger partial charge is 0.0909 e. The average molecular weight is 361 g/mol. The van der Waals surface area contributed by atoms with Crippen molar-refractivity contribution in [2.24, 2.45) is 10.9 Å². The van der Waals surface area contributed by atoms with Crippen LogP contribution in [0.5, 0.6) is 0 Å². The fourth-order valence-electron chi connectivity index (χ4n) is 4.76. The zero-order valence-corrected chi connectivity index (χ0v) is 17.7. The number of hydrogen-bond acceptors (Lipinski definition) is 2. The van der Waals surface area contributed by atoms with Gasteiger partial charge in [-0.25, -0.2) is 4.99 Å². The molecule has 0 aromatic rings. The number of rotatable bonds is 11. The molecule has 0 amide bonds. The van der Waals surface area contributed by atoms with Gasteiger partial charge in [0.05, 0.1) is 12.4 Å². The van der Waals surface area contributed by atoms with Crippen LogP contribution in [0.3, 0.4) is 0 Å². The van der Waals surface area contributed by atoms with Crippen molar-refractivity contribution in [2.75, 3.05) is 6.54 Å². The van der Waals surface area contributed by atoms with Crippen molar-refractivity contribution in [1.82, 2.24) is 4.90 Å². The molecule has 0 radical (unpaired) electrons. The summed E-state index contributed by atoms with van der Waals surface area (Å²) in [5.41, 5.74) is 1.68. The van der Waals surface area contributed by atoms with Crippen molar-refractivity contribution in [3.63, 3.8) is 0 Å². The molecule has 2 aliphatic rings. The second-order valence-corrected chi connectivity index (χ2v) is 8.60. The fraction of sp³-hybridized carbons (Fsp3) is 0.875. The van der Waals surface area contributed by atoms with E-state index in [0.29, 0.717) is 6.04 Å². The molecule has 0 saturated carbocycles. The number of fused-ring (bicyclic) bond motifs is 1. The van der Waals surface area contributed by atoms with E-state index in [1.807, 2.05) is 0 Å². The number of nitrogens with zero attached hydrogens (tertiary/aromatic N) is 2. The zero-order valence-electron chi connectivity index (χ0n) is 17.7. The Hall–Kier alpha value is -0.790. The van der Waals surface area contributed by atoms with Gasteiger partial charge in [0.2, 0.25) is 0 Å². The van der Waals surface area contributed by atoms with Crippen LogP contribution >= 0.6 is 0 Å². The van der Waals surface area contributed by atoms with Crippen molar-refractivity contribution in [2.45, 2.75) is 123 Å². The molecule has 1 saturated heterocycles. The third-order valence-electron chi connectivity index (χ3n) is 6.40. The molecule has 0 aromatic heterocycles. The normalized spacial score (nSPS) is 21.1. The van der Waals surface area contributed by atoms with Crippen LogP contribution < -0.4 is 0 Å². The predicted molar refractivity (Wildman–Crippen MR) is 116 cm³/mol. The van der Waals surface area contributed by atoms with Gasteiger partial charge in [0.25, 0.3) is 0 Å². The van der Waals surface area contributed by atoms with Gasteiger partial charge in [-0.2, -0.15) is 0 Å². The highest BCUT2D eigenvalue weighted by Crippen LogP contribution is 2.34. The molecule has 2 aliphatic heterocycles. The Morgan fingerprint density at radius 2 is 1.54 bits per heavy atom. The van der Waals surface area contributed by atoms with Gasteiger partial charge in [0, 0.05) is 12.7 Å². The molecule has 1 atom stereocenters. The van der Waals surface area contributed by atoms with Crippen LogP contribution in [0.25, 0.3) is 0 Å². The number of unbranched alkanes of at least 4 members (excludes halogenated alkanes) is 6. The summed E-state index contributed by atoms with van der Waals surface area (Å²) in [6.07, 6.45) is 26.6. The highest BCUT2D eigenvalue weighted by Gasteiger charge is 2.28. The van der Waals surface area contributed by atoms with Crippen LogP contribution in [0.4, 0.5) is 0 Å². The van der Waals surface area contributed by atoms with Crippen molar-refractivity contribution >= 4 is 6.34 Å². The summed E-state index contributed by atoms with van der Waals surface area (Å²) in [4.78, 5) is 7.28. The minimum Gasteiger partial charge on any atom is -0.356 e. The highest BCUT2D eigenvalue weighted by molar-refractivity contribution is 5.59. The predicted octanol–water partition coefficient (Wildman–Crippen LogP) is 7.49. The van der Waals surface area contributed by atoms with Crippen LogP contribution in [-0.2, 0) is 0 Å². The first-order valence-electron chi connectivity index (χ1n) is 11.9. The topological polar surface area (TPSA) is 15.6 Å². The molecule has 1 unspecified atom stereocenters. The lowest BCUT2D eigenvalue weighted by Crippen LogP contribution is -2.40. The van der Waals surface area contributed by atoms with Crippen LogP contribution in [0.1, 0.15) is 117 Å². The molecule has 2 heterocycles. The lowest BCUT2D eigenvalue weighted by Gasteiger charge is -2.37. The Balaban J connectivity index is 2.00. The molecule has 150 valence electrons. The quantitative estimate of drug-likeness (QED) is 0.348. The van der Waals surface area contributed by atoms with Crippen LogP contribution in [0, 0.1) is 5.92 Å². The number of hydrogen-bond donors (Lipinski definition) is 0. The van der Waals surface area contributed by atoms with Gasteiger partial charge in [0.15, 0.2) is 0 Å². The largest absolute Gasteiger partial charge is 0.356 e. The van der Waals surface area contributed by atoms with E-state index in [2.05, 4.69) is 31.3 Å². The maximum Gasteiger partial charge on any atom is 0.0909 e. The first-order valence-corrected chi connectivity index (χ1v) is 11.9. The molecule has 0 aliphatic carbocycles. The summed E-state index contributed by atoms with van der Waals surface area (Å²) in [7, 11) is 0. The molecule has 0 bridgehead atoms. The minimum atomic E-state index is 0.646. The van der Waals surface area contributed by atoms with Gasteiger partial charge in [-0.05, 0) is 37.2 Å². The molecule has 0 aromatic carbocycles. The standard InChI is InChI=1S/C24H44N2/c1-3-5-7-12-16-22(17-13-8-6-4-2)23-20-25-21-26-19-15-11-9-10-14-18-24(23)26/h20-22,24H,3-19H2,1-2H3. The highest BCUT2D eigenvalue weighted by atomic mass is 15.2. The SMILES string of the molecule is CCCCCCC(CCCCCC)C1=CN=CN2CCCCCCCC12. The number of aliphatic imine (C=N–C) groups is 1. The summed E-state index contributed by atoms with van der Waals surface area (Å²) in [5.74, 6) is 0.773. The van der Waals surface area contributed by atoms with E-state index >= 15 is 0 Å². The maximum atomic E-state index is 4.69. The molecular weight excluding hydrogens is 316 g/mol. The average Bonchev–Trinajstić information content (AvgIpc) is 2.78. The third-order valence-corrected chi connectivity index (χ3v) is 6.40. The van der Waals surface area contributed by atoms with Crippen LogP contribution in [0.15, 0.2) is 16.8 Å². The van der Waals surface area contributed by atoms with E-state index in [4.69, 9.17) is 4.99 Å². The van der Waals surface area contributed by atoms with Crippen LogP contribution in [0.2, 0.25) is 0 Å². The Morgan fingerprint density at radius 1 is 0.885 bits per heavy atom. The summed E-state index contributed by atoms with van der Waals surface area (Å²) >= 11 is 0. The van der Waals surface area contributed by atoms with Gasteiger partial charge >= 0.3 is 0 Å². The lowest BCUT2D eigenvalue weighted by atomic mass is 9.82.